The molecule has 0 saturated carbocycles. The second-order valence-electron chi connectivity index (χ2n) is 3.72. The van der Waals surface area contributed by atoms with Gasteiger partial charge >= 0.3 is 0 Å². The third-order valence-electron chi connectivity index (χ3n) is 2.47. The van der Waals surface area contributed by atoms with E-state index in [0.29, 0.717) is 11.6 Å². The minimum atomic E-state index is -0.254. The molecule has 0 bridgehead atoms. The van der Waals surface area contributed by atoms with Crippen LogP contribution < -0.4 is 10.6 Å². The zero-order chi connectivity index (χ0) is 13.1. The van der Waals surface area contributed by atoms with Crippen LogP contribution in [0.1, 0.15) is 5.56 Å². The van der Waals surface area contributed by atoms with Crippen molar-refractivity contribution in [1.82, 2.24) is 9.97 Å². The topological polar surface area (TPSA) is 49.8 Å². The van der Waals surface area contributed by atoms with E-state index in [2.05, 4.69) is 36.5 Å². The van der Waals surface area contributed by atoms with Gasteiger partial charge in [0, 0.05) is 12.7 Å². The molecule has 0 amide bonds. The van der Waals surface area contributed by atoms with Crippen molar-refractivity contribution >= 4 is 33.3 Å². The Labute approximate surface area is 113 Å². The van der Waals surface area contributed by atoms with Crippen LogP contribution in [-0.4, -0.2) is 17.0 Å². The molecule has 0 saturated heterocycles. The second-order valence-corrected chi connectivity index (χ2v) is 4.51. The minimum Gasteiger partial charge on any atom is -0.372 e. The zero-order valence-electron chi connectivity index (χ0n) is 9.96. The van der Waals surface area contributed by atoms with E-state index >= 15 is 0 Å². The number of rotatable bonds is 3. The number of halogens is 2. The van der Waals surface area contributed by atoms with Gasteiger partial charge in [-0.1, -0.05) is 0 Å². The van der Waals surface area contributed by atoms with Crippen LogP contribution in [0.4, 0.5) is 21.7 Å². The Kier molecular flexibility index (Phi) is 3.76. The van der Waals surface area contributed by atoms with Gasteiger partial charge in [-0.2, -0.15) is 0 Å². The molecule has 0 aliphatic heterocycles. The summed E-state index contributed by atoms with van der Waals surface area (Å²) in [7, 11) is 1.78. The molecule has 1 aromatic heterocycles. The number of hydrogen-bond acceptors (Lipinski definition) is 4. The van der Waals surface area contributed by atoms with Gasteiger partial charge in [0.25, 0.3) is 0 Å². The van der Waals surface area contributed by atoms with Crippen LogP contribution in [0, 0.1) is 12.7 Å². The van der Waals surface area contributed by atoms with Gasteiger partial charge in [-0.15, -0.1) is 0 Å². The summed E-state index contributed by atoms with van der Waals surface area (Å²) in [5.74, 6) is 1.06. The van der Waals surface area contributed by atoms with Crippen molar-refractivity contribution in [3.8, 4) is 0 Å². The molecule has 0 radical (unpaired) electrons. The monoisotopic (exact) mass is 310 g/mol. The Morgan fingerprint density at radius 3 is 2.61 bits per heavy atom. The molecule has 2 aromatic rings. The SMILES string of the molecule is CNc1ncnc(Nc2ccc(F)cc2C)c1Br. The summed E-state index contributed by atoms with van der Waals surface area (Å²) in [4.78, 5) is 8.21. The van der Waals surface area contributed by atoms with E-state index in [1.54, 1.807) is 13.1 Å². The molecule has 2 rings (SSSR count). The lowest BCUT2D eigenvalue weighted by molar-refractivity contribution is 0.627. The summed E-state index contributed by atoms with van der Waals surface area (Å²) in [6.45, 7) is 1.83. The molecular formula is C12H12BrFN4. The Morgan fingerprint density at radius 1 is 1.22 bits per heavy atom. The summed E-state index contributed by atoms with van der Waals surface area (Å²) in [5, 5.41) is 6.08. The van der Waals surface area contributed by atoms with Crippen molar-refractivity contribution in [1.29, 1.82) is 0 Å². The summed E-state index contributed by atoms with van der Waals surface area (Å²) < 4.78 is 13.7. The Bertz CT molecular complexity index is 574. The van der Waals surface area contributed by atoms with Gasteiger partial charge in [0.05, 0.1) is 0 Å². The molecule has 18 heavy (non-hydrogen) atoms. The first-order chi connectivity index (χ1) is 8.61. The third kappa shape index (κ3) is 2.59. The summed E-state index contributed by atoms with van der Waals surface area (Å²) in [6, 6.07) is 4.55. The van der Waals surface area contributed by atoms with Gasteiger partial charge in [-0.25, -0.2) is 14.4 Å². The zero-order valence-corrected chi connectivity index (χ0v) is 11.5. The molecule has 1 aromatic carbocycles. The maximum Gasteiger partial charge on any atom is 0.150 e. The highest BCUT2D eigenvalue weighted by molar-refractivity contribution is 9.10. The highest BCUT2D eigenvalue weighted by atomic mass is 79.9. The predicted molar refractivity (Wildman–Crippen MR) is 73.7 cm³/mol. The van der Waals surface area contributed by atoms with Crippen LogP contribution in [0.3, 0.4) is 0 Å². The highest BCUT2D eigenvalue weighted by Crippen LogP contribution is 2.29. The molecule has 2 N–H and O–H groups in total. The molecule has 0 fully saturated rings. The number of benzene rings is 1. The van der Waals surface area contributed by atoms with Crippen molar-refractivity contribution in [2.45, 2.75) is 6.92 Å². The number of anilines is 3. The molecular weight excluding hydrogens is 299 g/mol. The third-order valence-corrected chi connectivity index (χ3v) is 3.22. The molecule has 0 aliphatic carbocycles. The highest BCUT2D eigenvalue weighted by Gasteiger charge is 2.08. The molecule has 0 unspecified atom stereocenters. The normalized spacial score (nSPS) is 10.2. The van der Waals surface area contributed by atoms with E-state index in [9.17, 15) is 4.39 Å². The number of hydrogen-bond donors (Lipinski definition) is 2. The van der Waals surface area contributed by atoms with E-state index in [0.717, 1.165) is 15.7 Å². The molecule has 94 valence electrons. The lowest BCUT2D eigenvalue weighted by atomic mass is 10.2. The summed E-state index contributed by atoms with van der Waals surface area (Å²) >= 11 is 3.41. The maximum atomic E-state index is 13.0. The number of aryl methyl sites for hydroxylation is 1. The largest absolute Gasteiger partial charge is 0.372 e. The lowest BCUT2D eigenvalue weighted by Gasteiger charge is -2.11. The van der Waals surface area contributed by atoms with E-state index in [1.807, 2.05) is 6.92 Å². The van der Waals surface area contributed by atoms with Crippen molar-refractivity contribution in [3.63, 3.8) is 0 Å². The van der Waals surface area contributed by atoms with Gasteiger partial charge in [-0.05, 0) is 46.6 Å². The van der Waals surface area contributed by atoms with Crippen LogP contribution in [0.15, 0.2) is 29.0 Å². The van der Waals surface area contributed by atoms with Crippen LogP contribution in [0.2, 0.25) is 0 Å². The van der Waals surface area contributed by atoms with Crippen LogP contribution in [0.5, 0.6) is 0 Å². The van der Waals surface area contributed by atoms with Gasteiger partial charge in [0.1, 0.15) is 28.3 Å². The van der Waals surface area contributed by atoms with E-state index < -0.39 is 0 Å². The molecule has 0 aliphatic rings. The van der Waals surface area contributed by atoms with Crippen molar-refractivity contribution in [3.05, 3.63) is 40.4 Å². The number of aromatic nitrogens is 2. The maximum absolute atomic E-state index is 13.0. The first-order valence-corrected chi connectivity index (χ1v) is 6.12. The summed E-state index contributed by atoms with van der Waals surface area (Å²) in [5.41, 5.74) is 1.62. The fourth-order valence-electron chi connectivity index (χ4n) is 1.53. The fourth-order valence-corrected chi connectivity index (χ4v) is 2.03. The lowest BCUT2D eigenvalue weighted by Crippen LogP contribution is -2.01. The first kappa shape index (κ1) is 12.8. The van der Waals surface area contributed by atoms with Crippen LogP contribution >= 0.6 is 15.9 Å². The minimum absolute atomic E-state index is 0.254. The van der Waals surface area contributed by atoms with E-state index in [4.69, 9.17) is 0 Å². The van der Waals surface area contributed by atoms with Crippen molar-refractivity contribution in [2.75, 3.05) is 17.7 Å². The van der Waals surface area contributed by atoms with E-state index in [-0.39, 0.29) is 5.82 Å². The molecule has 4 nitrogen and oxygen atoms in total. The molecule has 1 heterocycles. The average molecular weight is 311 g/mol. The average Bonchev–Trinajstić information content (AvgIpc) is 2.35. The quantitative estimate of drug-likeness (QED) is 0.911. The standard InChI is InChI=1S/C12H12BrFN4/c1-7-5-8(14)3-4-9(7)18-12-10(13)11(15-2)16-6-17-12/h3-6H,1-2H3,(H2,15,16,17,18). The van der Waals surface area contributed by atoms with Gasteiger partial charge in [0.15, 0.2) is 0 Å². The first-order valence-electron chi connectivity index (χ1n) is 5.33. The van der Waals surface area contributed by atoms with Gasteiger partial charge < -0.3 is 10.6 Å². The molecule has 0 spiro atoms. The Morgan fingerprint density at radius 2 is 1.94 bits per heavy atom. The number of nitrogens with zero attached hydrogens (tertiary/aromatic N) is 2. The van der Waals surface area contributed by atoms with Gasteiger partial charge in [0.2, 0.25) is 0 Å². The fraction of sp³-hybridized carbons (Fsp3) is 0.167. The predicted octanol–water partition coefficient (Wildman–Crippen LogP) is 3.47. The summed E-state index contributed by atoms with van der Waals surface area (Å²) in [6.07, 6.45) is 1.46. The molecule has 6 heteroatoms. The number of nitrogens with one attached hydrogen (secondary N) is 2. The second kappa shape index (κ2) is 5.30. The molecule has 0 atom stereocenters. The van der Waals surface area contributed by atoms with Crippen molar-refractivity contribution in [2.24, 2.45) is 0 Å². The van der Waals surface area contributed by atoms with Crippen LogP contribution in [0.25, 0.3) is 0 Å². The van der Waals surface area contributed by atoms with Crippen LogP contribution in [-0.2, 0) is 0 Å². The van der Waals surface area contributed by atoms with Gasteiger partial charge in [-0.3, -0.25) is 0 Å². The smallest absolute Gasteiger partial charge is 0.150 e. The van der Waals surface area contributed by atoms with E-state index in [1.165, 1.54) is 18.5 Å². The Hall–Kier alpha value is -1.69. The Balaban J connectivity index is 2.34. The van der Waals surface area contributed by atoms with Crippen molar-refractivity contribution < 1.29 is 4.39 Å².